The van der Waals surface area contributed by atoms with Crippen molar-refractivity contribution in [1.82, 2.24) is 28.9 Å². The van der Waals surface area contributed by atoms with Crippen LogP contribution in [0.5, 0.6) is 0 Å². The Bertz CT molecular complexity index is 1300. The molecule has 0 fully saturated rings. The number of rotatable bonds is 3. The van der Waals surface area contributed by atoms with Crippen LogP contribution in [0.1, 0.15) is 5.89 Å². The van der Waals surface area contributed by atoms with Gasteiger partial charge in [-0.05, 0) is 39.7 Å². The molecule has 3 aromatic heterocycles. The van der Waals surface area contributed by atoms with Crippen molar-refractivity contribution in [3.8, 4) is 11.5 Å². The van der Waals surface area contributed by atoms with Gasteiger partial charge in [-0.2, -0.15) is 4.98 Å². The summed E-state index contributed by atoms with van der Waals surface area (Å²) in [5, 5.41) is 8.12. The third kappa shape index (κ3) is 2.81. The Labute approximate surface area is 165 Å². The highest BCUT2D eigenvalue weighted by atomic mass is 79.9. The molecule has 0 aliphatic rings. The van der Waals surface area contributed by atoms with E-state index in [0.29, 0.717) is 5.89 Å². The molecule has 0 N–H and O–H groups in total. The van der Waals surface area contributed by atoms with E-state index in [1.165, 1.54) is 23.2 Å². The third-order valence-electron chi connectivity index (χ3n) is 4.17. The minimum atomic E-state index is -0.502. The molecule has 4 rings (SSSR count). The zero-order chi connectivity index (χ0) is 19.3. The van der Waals surface area contributed by atoms with Crippen LogP contribution in [0.4, 0.5) is 0 Å². The average molecular weight is 452 g/mol. The van der Waals surface area contributed by atoms with Gasteiger partial charge in [0.15, 0.2) is 11.2 Å². The van der Waals surface area contributed by atoms with Crippen molar-refractivity contribution < 1.29 is 4.42 Å². The molecule has 1 aromatic carbocycles. The highest BCUT2D eigenvalue weighted by Gasteiger charge is 2.20. The predicted molar refractivity (Wildman–Crippen MR) is 102 cm³/mol. The van der Waals surface area contributed by atoms with Crippen molar-refractivity contribution >= 4 is 38.7 Å². The fourth-order valence-corrected chi connectivity index (χ4v) is 3.44. The second-order valence-corrected chi connectivity index (χ2v) is 7.02. The van der Waals surface area contributed by atoms with E-state index in [1.54, 1.807) is 0 Å². The summed E-state index contributed by atoms with van der Waals surface area (Å²) >= 11 is 9.64. The summed E-state index contributed by atoms with van der Waals surface area (Å²) in [5.74, 6) is 0.580. The Morgan fingerprint density at radius 1 is 1.15 bits per heavy atom. The molecule has 9 nitrogen and oxygen atoms in total. The summed E-state index contributed by atoms with van der Waals surface area (Å²) in [6.07, 6.45) is 0. The zero-order valence-electron chi connectivity index (χ0n) is 14.2. The number of fused-ring (bicyclic) bond motifs is 1. The van der Waals surface area contributed by atoms with Gasteiger partial charge in [-0.25, -0.2) is 4.79 Å². The Hall–Kier alpha value is -2.72. The van der Waals surface area contributed by atoms with Crippen LogP contribution in [0, 0.1) is 0 Å². The summed E-state index contributed by atoms with van der Waals surface area (Å²) in [5.41, 5.74) is 0.140. The number of aryl methyl sites for hydroxylation is 1. The fourth-order valence-electron chi connectivity index (χ4n) is 2.76. The van der Waals surface area contributed by atoms with Gasteiger partial charge >= 0.3 is 5.69 Å². The van der Waals surface area contributed by atoms with Crippen LogP contribution in [0.2, 0.25) is 5.28 Å². The van der Waals surface area contributed by atoms with Crippen molar-refractivity contribution in [3.05, 3.63) is 60.8 Å². The second kappa shape index (κ2) is 6.46. The number of hydrogen-bond acceptors (Lipinski definition) is 6. The molecule has 0 saturated carbocycles. The highest BCUT2D eigenvalue weighted by molar-refractivity contribution is 9.10. The first kappa shape index (κ1) is 17.7. The highest BCUT2D eigenvalue weighted by Crippen LogP contribution is 2.27. The van der Waals surface area contributed by atoms with Gasteiger partial charge in [0, 0.05) is 18.6 Å². The fraction of sp³-hybridized carbons (Fsp3) is 0.188. The molecule has 3 heterocycles. The molecular formula is C16H12BrClN6O3. The van der Waals surface area contributed by atoms with Gasteiger partial charge in [0.25, 0.3) is 5.56 Å². The maximum Gasteiger partial charge on any atom is 0.332 e. The molecule has 0 unspecified atom stereocenters. The summed E-state index contributed by atoms with van der Waals surface area (Å²) in [4.78, 5) is 28.7. The number of halogens is 2. The summed E-state index contributed by atoms with van der Waals surface area (Å²) in [6, 6.07) is 7.44. The van der Waals surface area contributed by atoms with E-state index >= 15 is 0 Å². The minimum absolute atomic E-state index is 0.0419. The van der Waals surface area contributed by atoms with E-state index in [4.69, 9.17) is 16.0 Å². The van der Waals surface area contributed by atoms with Crippen LogP contribution < -0.4 is 11.2 Å². The maximum absolute atomic E-state index is 12.6. The van der Waals surface area contributed by atoms with Gasteiger partial charge in [-0.3, -0.25) is 18.5 Å². The SMILES string of the molecule is Cn1c(=O)c2c(nc(Cl)n2Cc2nnc(-c3ccccc3Br)o2)n(C)c1=O. The lowest BCUT2D eigenvalue weighted by molar-refractivity contribution is 0.490. The van der Waals surface area contributed by atoms with E-state index in [-0.39, 0.29) is 28.9 Å². The second-order valence-electron chi connectivity index (χ2n) is 5.83. The number of aromatic nitrogens is 6. The quantitative estimate of drug-likeness (QED) is 0.441. The zero-order valence-corrected chi connectivity index (χ0v) is 16.5. The van der Waals surface area contributed by atoms with Gasteiger partial charge in [0.2, 0.25) is 17.1 Å². The van der Waals surface area contributed by atoms with E-state index < -0.39 is 11.2 Å². The van der Waals surface area contributed by atoms with Crippen molar-refractivity contribution in [2.75, 3.05) is 0 Å². The molecule has 0 saturated heterocycles. The summed E-state index contributed by atoms with van der Waals surface area (Å²) in [7, 11) is 2.92. The van der Waals surface area contributed by atoms with Gasteiger partial charge in [-0.15, -0.1) is 10.2 Å². The molecule has 0 bridgehead atoms. The van der Waals surface area contributed by atoms with Gasteiger partial charge in [0.05, 0.1) is 5.56 Å². The van der Waals surface area contributed by atoms with Crippen LogP contribution in [0.25, 0.3) is 22.6 Å². The molecule has 0 spiro atoms. The molecule has 0 amide bonds. The van der Waals surface area contributed by atoms with Crippen LogP contribution in [-0.4, -0.2) is 28.9 Å². The first-order valence-corrected chi connectivity index (χ1v) is 8.94. The molecule has 4 aromatic rings. The van der Waals surface area contributed by atoms with Crippen molar-refractivity contribution in [2.24, 2.45) is 14.1 Å². The topological polar surface area (TPSA) is 101 Å². The average Bonchev–Trinajstić information content (AvgIpc) is 3.24. The molecule has 0 atom stereocenters. The maximum atomic E-state index is 12.6. The number of hydrogen-bond donors (Lipinski definition) is 0. The normalized spacial score (nSPS) is 11.4. The van der Waals surface area contributed by atoms with Gasteiger partial charge < -0.3 is 4.42 Å². The number of imidazole rings is 1. The predicted octanol–water partition coefficient (Wildman–Crippen LogP) is 1.95. The molecule has 0 aliphatic carbocycles. The molecule has 138 valence electrons. The smallest absolute Gasteiger partial charge is 0.332 e. The Morgan fingerprint density at radius 2 is 1.89 bits per heavy atom. The standard InChI is InChI=1S/C16H12BrClN6O3/c1-22-12-11(14(25)23(2)16(22)26)24(15(18)19-12)7-10-20-21-13(27-10)8-5-3-4-6-9(8)17/h3-6H,7H2,1-2H3. The monoisotopic (exact) mass is 450 g/mol. The lowest BCUT2D eigenvalue weighted by atomic mass is 10.2. The van der Waals surface area contributed by atoms with Crippen LogP contribution in [0.15, 0.2) is 42.7 Å². The summed E-state index contributed by atoms with van der Waals surface area (Å²) in [6.45, 7) is 0.0419. The Kier molecular flexibility index (Phi) is 4.23. The first-order chi connectivity index (χ1) is 12.9. The molecule has 11 heteroatoms. The van der Waals surface area contributed by atoms with E-state index in [0.717, 1.165) is 14.6 Å². The lowest BCUT2D eigenvalue weighted by Gasteiger charge is -2.05. The van der Waals surface area contributed by atoms with Crippen molar-refractivity contribution in [1.29, 1.82) is 0 Å². The third-order valence-corrected chi connectivity index (χ3v) is 5.15. The van der Waals surface area contributed by atoms with Crippen molar-refractivity contribution in [3.63, 3.8) is 0 Å². The van der Waals surface area contributed by atoms with Gasteiger partial charge in [0.1, 0.15) is 6.54 Å². The van der Waals surface area contributed by atoms with E-state index in [9.17, 15) is 9.59 Å². The Balaban J connectivity index is 1.82. The van der Waals surface area contributed by atoms with E-state index in [1.807, 2.05) is 24.3 Å². The van der Waals surface area contributed by atoms with Crippen LogP contribution in [-0.2, 0) is 20.6 Å². The van der Waals surface area contributed by atoms with Gasteiger partial charge in [-0.1, -0.05) is 12.1 Å². The first-order valence-electron chi connectivity index (χ1n) is 7.77. The number of benzene rings is 1. The Morgan fingerprint density at radius 3 is 2.63 bits per heavy atom. The molecule has 0 aliphatic heterocycles. The molecular weight excluding hydrogens is 440 g/mol. The lowest BCUT2D eigenvalue weighted by Crippen LogP contribution is -2.37. The summed E-state index contributed by atoms with van der Waals surface area (Å²) < 4.78 is 10.2. The van der Waals surface area contributed by atoms with Crippen molar-refractivity contribution in [2.45, 2.75) is 6.54 Å². The van der Waals surface area contributed by atoms with Crippen LogP contribution in [0.3, 0.4) is 0 Å². The molecule has 27 heavy (non-hydrogen) atoms. The number of nitrogens with zero attached hydrogens (tertiary/aromatic N) is 6. The van der Waals surface area contributed by atoms with Crippen LogP contribution >= 0.6 is 27.5 Å². The largest absolute Gasteiger partial charge is 0.419 e. The van der Waals surface area contributed by atoms with E-state index in [2.05, 4.69) is 31.1 Å². The minimum Gasteiger partial charge on any atom is -0.419 e. The molecule has 0 radical (unpaired) electrons.